The Bertz CT molecular complexity index is 2540. The Kier molecular flexibility index (Phi) is 9.63. The number of aromatic nitrogens is 1. The average molecular weight is 863 g/mol. The number of pyridine rings is 1. The summed E-state index contributed by atoms with van der Waals surface area (Å²) in [6.07, 6.45) is 8.03. The number of rotatable bonds is 12. The number of esters is 1. The van der Waals surface area contributed by atoms with E-state index in [0.717, 1.165) is 27.8 Å². The highest BCUT2D eigenvalue weighted by Crippen LogP contribution is 2.87. The average Bonchev–Trinajstić information content (AvgIpc) is 3.78. The second-order valence-electron chi connectivity index (χ2n) is 18.0. The molecule has 0 spiro atoms. The fraction of sp³-hybridized carbons (Fsp3) is 0.457. The number of likely N-dealkylation sites (tertiary alicyclic amines) is 1. The van der Waals surface area contributed by atoms with E-state index >= 15 is 0 Å². The van der Waals surface area contributed by atoms with E-state index in [-0.39, 0.29) is 41.7 Å². The summed E-state index contributed by atoms with van der Waals surface area (Å²) < 4.78 is 28.6. The van der Waals surface area contributed by atoms with Gasteiger partial charge >= 0.3 is 13.5 Å². The van der Waals surface area contributed by atoms with Crippen LogP contribution in [0, 0.1) is 23.2 Å². The summed E-state index contributed by atoms with van der Waals surface area (Å²) >= 11 is 1.33. The van der Waals surface area contributed by atoms with Gasteiger partial charge in [0, 0.05) is 73.7 Å². The van der Waals surface area contributed by atoms with Crippen molar-refractivity contribution >= 4 is 63.6 Å². The van der Waals surface area contributed by atoms with Crippen LogP contribution in [0.4, 0.5) is 5.69 Å². The van der Waals surface area contributed by atoms with E-state index in [1.165, 1.54) is 16.0 Å². The summed E-state index contributed by atoms with van der Waals surface area (Å²) in [4.78, 5) is 66.5. The molecule has 2 aromatic carbocycles. The van der Waals surface area contributed by atoms with Crippen LogP contribution in [0.15, 0.2) is 79.3 Å². The van der Waals surface area contributed by atoms with Crippen LogP contribution in [0.25, 0.3) is 15.4 Å². The molecule has 6 fully saturated rings. The van der Waals surface area contributed by atoms with E-state index in [1.807, 2.05) is 67.3 Å². The molecule has 61 heavy (non-hydrogen) atoms. The summed E-state index contributed by atoms with van der Waals surface area (Å²) in [5, 5.41) is 4.36. The van der Waals surface area contributed by atoms with Crippen molar-refractivity contribution in [3.8, 4) is 5.75 Å². The zero-order valence-electron chi connectivity index (χ0n) is 35.0. The van der Waals surface area contributed by atoms with Gasteiger partial charge in [0.05, 0.1) is 16.8 Å². The number of carbonyl (C=O) groups excluding carboxylic acids is 4. The maximum absolute atomic E-state index is 14.7. The highest BCUT2D eigenvalue weighted by molar-refractivity contribution is 7.69. The van der Waals surface area contributed by atoms with Crippen molar-refractivity contribution in [2.75, 3.05) is 38.7 Å². The molecule has 7 heterocycles. The molecular formula is C46H51N6O7PS. The number of ether oxygens (including phenoxy) is 1. The molecule has 15 heteroatoms. The molecule has 1 N–H and O–H groups in total. The standard InChI is InChI=1S/C46H51N6O7PS/c1-6-18-58-45(56)26(2)51-25-37(60(51,57)59-30-10-8-7-9-11-30)27-12-15-38-28(19-27)20-39(61-38)42(53)48-33-21-32-40-41(46(32,40)3)35-13-14-36(52(35)43(33)54)44(55)50-23-29(24-50)31-22-47-17-16-34(31)49(4)5/h7-12,15-17,19-20,22,25-26,29,32-33,35-36,40-41H,6,13-14,18,21,23-24H2,1-5H3,(H,48,53)/t26-,32-,33?,35+,36-,40-,41?,46+,60?/m0/s1. The Hall–Kier alpha value is -5.20. The summed E-state index contributed by atoms with van der Waals surface area (Å²) in [5.74, 6) is 0.949. The third-order valence-corrected chi connectivity index (χ3v) is 17.9. The Morgan fingerprint density at radius 3 is 2.57 bits per heavy atom. The van der Waals surface area contributed by atoms with Gasteiger partial charge in [-0.25, -0.2) is 9.36 Å². The molecule has 318 valence electrons. The topological polar surface area (TPSA) is 142 Å². The van der Waals surface area contributed by atoms with Crippen molar-refractivity contribution in [1.29, 1.82) is 0 Å². The van der Waals surface area contributed by atoms with Crippen LogP contribution in [-0.2, 0) is 23.7 Å². The van der Waals surface area contributed by atoms with Crippen LogP contribution < -0.4 is 14.7 Å². The number of fused-ring (bicyclic) bond motifs is 3. The lowest BCUT2D eigenvalue weighted by atomic mass is 9.84. The Morgan fingerprint density at radius 2 is 1.84 bits per heavy atom. The number of benzene rings is 2. The summed E-state index contributed by atoms with van der Waals surface area (Å²) in [6.45, 7) is 7.33. The minimum atomic E-state index is -3.74. The molecule has 4 saturated heterocycles. The molecule has 0 radical (unpaired) electrons. The summed E-state index contributed by atoms with van der Waals surface area (Å²) in [7, 11) is 0.278. The smallest absolute Gasteiger partial charge is 0.376 e. The van der Waals surface area contributed by atoms with Gasteiger partial charge in [0.15, 0.2) is 0 Å². The van der Waals surface area contributed by atoms with E-state index in [4.69, 9.17) is 9.26 Å². The first-order valence-corrected chi connectivity index (χ1v) is 23.8. The zero-order valence-corrected chi connectivity index (χ0v) is 36.7. The van der Waals surface area contributed by atoms with Crippen molar-refractivity contribution in [3.05, 3.63) is 95.3 Å². The molecule has 3 amide bonds. The van der Waals surface area contributed by atoms with Gasteiger partial charge in [0.1, 0.15) is 23.9 Å². The van der Waals surface area contributed by atoms with Crippen molar-refractivity contribution in [3.63, 3.8) is 0 Å². The highest BCUT2D eigenvalue weighted by atomic mass is 32.1. The van der Waals surface area contributed by atoms with E-state index in [1.54, 1.807) is 49.7 Å². The molecule has 2 saturated carbocycles. The first-order chi connectivity index (χ1) is 29.3. The van der Waals surface area contributed by atoms with Gasteiger partial charge in [-0.2, -0.15) is 0 Å². The summed E-state index contributed by atoms with van der Waals surface area (Å²) in [6, 6.07) is 16.2. The Labute approximate surface area is 359 Å². The van der Waals surface area contributed by atoms with Crippen LogP contribution in [0.1, 0.15) is 73.2 Å². The Morgan fingerprint density at radius 1 is 1.07 bits per heavy atom. The number of para-hydroxylation sites is 1. The van der Waals surface area contributed by atoms with Gasteiger partial charge in [-0.1, -0.05) is 38.1 Å². The number of anilines is 1. The van der Waals surface area contributed by atoms with Gasteiger partial charge in [0.25, 0.3) is 5.91 Å². The van der Waals surface area contributed by atoms with Crippen LogP contribution in [0.5, 0.6) is 5.75 Å². The predicted molar refractivity (Wildman–Crippen MR) is 233 cm³/mol. The van der Waals surface area contributed by atoms with Crippen LogP contribution in [-0.4, -0.2) is 101 Å². The monoisotopic (exact) mass is 862 g/mol. The second-order valence-corrected chi connectivity index (χ2v) is 21.2. The number of amides is 3. The molecule has 2 aromatic heterocycles. The quantitative estimate of drug-likeness (QED) is 0.117. The van der Waals surface area contributed by atoms with Crippen LogP contribution in [0.2, 0.25) is 0 Å². The summed E-state index contributed by atoms with van der Waals surface area (Å²) in [5.41, 5.74) is 3.03. The van der Waals surface area contributed by atoms with E-state index < -0.39 is 31.6 Å². The lowest BCUT2D eigenvalue weighted by Crippen LogP contribution is -2.61. The van der Waals surface area contributed by atoms with E-state index in [2.05, 4.69) is 22.1 Å². The maximum Gasteiger partial charge on any atom is 0.376 e. The minimum Gasteiger partial charge on any atom is -0.464 e. The molecule has 9 atom stereocenters. The fourth-order valence-corrected chi connectivity index (χ4v) is 14.1. The molecule has 13 nitrogen and oxygen atoms in total. The Balaban J connectivity index is 0.865. The number of nitrogens with one attached hydrogen (secondary N) is 1. The highest BCUT2D eigenvalue weighted by Gasteiger charge is 2.86. The zero-order chi connectivity index (χ0) is 42.5. The molecule has 2 bridgehead atoms. The van der Waals surface area contributed by atoms with Gasteiger partial charge in [0.2, 0.25) is 11.8 Å². The van der Waals surface area contributed by atoms with Crippen molar-refractivity contribution < 1.29 is 33.0 Å². The van der Waals surface area contributed by atoms with Gasteiger partial charge < -0.3 is 29.3 Å². The number of thiophene rings is 1. The van der Waals surface area contributed by atoms with Gasteiger partial charge in [-0.15, -0.1) is 11.3 Å². The lowest BCUT2D eigenvalue weighted by Gasteiger charge is -2.44. The minimum absolute atomic E-state index is 0.00122. The third kappa shape index (κ3) is 6.38. The number of hydrogen-bond acceptors (Lipinski definition) is 10. The molecule has 7 aliphatic rings. The van der Waals surface area contributed by atoms with Crippen molar-refractivity contribution in [1.82, 2.24) is 24.8 Å². The van der Waals surface area contributed by atoms with Crippen LogP contribution in [0.3, 0.4) is 0 Å². The fourth-order valence-electron chi connectivity index (χ4n) is 10.9. The molecule has 4 aromatic rings. The van der Waals surface area contributed by atoms with E-state index in [9.17, 15) is 23.7 Å². The van der Waals surface area contributed by atoms with Crippen molar-refractivity contribution in [2.45, 2.75) is 76.5 Å². The largest absolute Gasteiger partial charge is 0.464 e. The molecule has 11 rings (SSSR count). The maximum atomic E-state index is 14.7. The predicted octanol–water partition coefficient (Wildman–Crippen LogP) is 6.96. The molecule has 2 aliphatic carbocycles. The van der Waals surface area contributed by atoms with E-state index in [0.29, 0.717) is 71.6 Å². The molecule has 5 aliphatic heterocycles. The number of carbonyl (C=O) groups is 4. The van der Waals surface area contributed by atoms with Crippen LogP contribution >= 0.6 is 18.9 Å². The first-order valence-electron chi connectivity index (χ1n) is 21.4. The second kappa shape index (κ2) is 14.7. The SMILES string of the molecule is CCCOC(=O)[C@H](C)N1C=C(c2ccc3sc(C(=O)NC4C[C@H]5[C@H]6C([C@H]7CC[C@@H](C(=O)N8CC(c9cnccc9N(C)C)C8)N7C4=O)[C@@]65C)cc3c2)P1(=O)Oc1ccccc1. The first kappa shape index (κ1) is 39.9. The van der Waals surface area contributed by atoms with Gasteiger partial charge in [-0.3, -0.25) is 24.0 Å². The number of nitrogens with zero attached hydrogens (tertiary/aromatic N) is 5. The molecular weight excluding hydrogens is 812 g/mol. The van der Waals surface area contributed by atoms with Crippen molar-refractivity contribution in [2.24, 2.45) is 23.2 Å². The van der Waals surface area contributed by atoms with Gasteiger partial charge in [-0.05, 0) is 103 Å². The lowest BCUT2D eigenvalue weighted by molar-refractivity contribution is -0.151. The number of hydrogen-bond donors (Lipinski definition) is 1. The molecule has 3 unspecified atom stereocenters. The normalized spacial score (nSPS) is 30.1. The third-order valence-electron chi connectivity index (χ3n) is 14.3.